The molecule has 1 aliphatic carbocycles. The Hall–Kier alpha value is -3.00. The quantitative estimate of drug-likeness (QED) is 0.274. The van der Waals surface area contributed by atoms with E-state index in [1.54, 1.807) is 0 Å². The molecule has 2 aromatic rings. The number of hydrogen-bond donors (Lipinski definition) is 0. The molecule has 0 aromatic heterocycles. The summed E-state index contributed by atoms with van der Waals surface area (Å²) in [4.78, 5) is 25.8. The number of benzene rings is 2. The van der Waals surface area contributed by atoms with Crippen LogP contribution in [0.4, 0.5) is 0 Å². The van der Waals surface area contributed by atoms with Crippen LogP contribution in [0.15, 0.2) is 66.7 Å². The molecule has 4 rings (SSSR count). The topological polar surface area (TPSA) is 74.3 Å². The van der Waals surface area contributed by atoms with E-state index in [9.17, 15) is 9.59 Å². The van der Waals surface area contributed by atoms with Crippen LogP contribution in [0.25, 0.3) is 11.1 Å². The summed E-state index contributed by atoms with van der Waals surface area (Å²) in [7, 11) is 1.41. The van der Waals surface area contributed by atoms with Gasteiger partial charge in [-0.25, -0.2) is 0 Å². The Morgan fingerprint density at radius 3 is 2.33 bits per heavy atom. The number of esters is 2. The minimum absolute atomic E-state index is 0.0283. The molecule has 2 aliphatic rings. The van der Waals surface area contributed by atoms with Crippen molar-refractivity contribution in [3.05, 3.63) is 72.3 Å². The van der Waals surface area contributed by atoms with E-state index in [0.29, 0.717) is 39.1 Å². The van der Waals surface area contributed by atoms with Gasteiger partial charge in [-0.15, -0.1) is 0 Å². The summed E-state index contributed by atoms with van der Waals surface area (Å²) in [6.45, 7) is 5.00. The van der Waals surface area contributed by atoms with E-state index in [4.69, 9.17) is 18.9 Å². The van der Waals surface area contributed by atoms with E-state index in [0.717, 1.165) is 31.5 Å². The van der Waals surface area contributed by atoms with Crippen LogP contribution in [0, 0.1) is 5.92 Å². The molecule has 0 N–H and O–H groups in total. The molecule has 0 bridgehead atoms. The lowest BCUT2D eigenvalue weighted by atomic mass is 9.93. The van der Waals surface area contributed by atoms with Crippen molar-refractivity contribution in [3.63, 3.8) is 0 Å². The summed E-state index contributed by atoms with van der Waals surface area (Å²) in [6, 6.07) is 18.9. The zero-order valence-corrected chi connectivity index (χ0v) is 23.1. The van der Waals surface area contributed by atoms with Gasteiger partial charge >= 0.3 is 11.9 Å². The summed E-state index contributed by atoms with van der Waals surface area (Å²) < 4.78 is 22.8. The Morgan fingerprint density at radius 2 is 1.64 bits per heavy atom. The molecule has 0 spiro atoms. The molecule has 210 valence electrons. The van der Waals surface area contributed by atoms with Crippen LogP contribution in [-0.2, 0) is 35.1 Å². The summed E-state index contributed by atoms with van der Waals surface area (Å²) in [5.74, 6) is -0.240. The van der Waals surface area contributed by atoms with Crippen LogP contribution < -0.4 is 0 Å². The lowest BCUT2D eigenvalue weighted by Gasteiger charge is -2.38. The Labute approximate surface area is 232 Å². The fourth-order valence-corrected chi connectivity index (χ4v) is 5.75. The summed E-state index contributed by atoms with van der Waals surface area (Å²) in [6.07, 6.45) is 7.45. The maximum Gasteiger partial charge on any atom is 0.305 e. The molecule has 0 radical (unpaired) electrons. The highest BCUT2D eigenvalue weighted by Crippen LogP contribution is 2.39. The van der Waals surface area contributed by atoms with E-state index in [1.807, 2.05) is 24.3 Å². The van der Waals surface area contributed by atoms with Gasteiger partial charge in [-0.2, -0.15) is 0 Å². The van der Waals surface area contributed by atoms with Crippen molar-refractivity contribution in [2.75, 3.05) is 33.4 Å². The number of carbonyl (C=O) groups is 2. The van der Waals surface area contributed by atoms with Crippen molar-refractivity contribution in [2.45, 2.75) is 63.9 Å². The van der Waals surface area contributed by atoms with E-state index in [2.05, 4.69) is 47.4 Å². The fraction of sp³-hybridized carbons (Fsp3) is 0.500. The number of allylic oxidation sites excluding steroid dienone is 2. The lowest BCUT2D eigenvalue weighted by molar-refractivity contribution is -0.150. The number of morpholine rings is 1. The number of methoxy groups -OCH3 is 1. The van der Waals surface area contributed by atoms with Crippen LogP contribution in [0.2, 0.25) is 0 Å². The minimum Gasteiger partial charge on any atom is -0.469 e. The van der Waals surface area contributed by atoms with Gasteiger partial charge in [0.2, 0.25) is 0 Å². The van der Waals surface area contributed by atoms with Crippen molar-refractivity contribution in [1.82, 2.24) is 4.90 Å². The zero-order chi connectivity index (χ0) is 27.5. The van der Waals surface area contributed by atoms with Gasteiger partial charge < -0.3 is 18.9 Å². The molecule has 7 heteroatoms. The van der Waals surface area contributed by atoms with Crippen LogP contribution >= 0.6 is 0 Å². The van der Waals surface area contributed by atoms with E-state index >= 15 is 0 Å². The smallest absolute Gasteiger partial charge is 0.305 e. The number of rotatable bonds is 12. The SMILES string of the molecule is COC(=O)CCC=CCC[C@@H]1[C@H](N2CCOCC2)[C@H](OC(C)=O)C[C@@H]1OCc1ccc(-c2ccccc2)cc1. The highest BCUT2D eigenvalue weighted by atomic mass is 16.5. The molecule has 1 aliphatic heterocycles. The van der Waals surface area contributed by atoms with Gasteiger partial charge in [-0.3, -0.25) is 14.5 Å². The Morgan fingerprint density at radius 1 is 0.949 bits per heavy atom. The first-order valence-electron chi connectivity index (χ1n) is 14.0. The van der Waals surface area contributed by atoms with Crippen molar-refractivity contribution < 1.29 is 28.5 Å². The first-order valence-corrected chi connectivity index (χ1v) is 14.0. The molecule has 0 unspecified atom stereocenters. The molecule has 1 heterocycles. The molecule has 39 heavy (non-hydrogen) atoms. The summed E-state index contributed by atoms with van der Waals surface area (Å²) >= 11 is 0. The molecule has 1 saturated carbocycles. The average molecular weight is 536 g/mol. The van der Waals surface area contributed by atoms with Crippen molar-refractivity contribution in [2.24, 2.45) is 5.92 Å². The summed E-state index contributed by atoms with van der Waals surface area (Å²) in [5, 5.41) is 0. The molecule has 2 fully saturated rings. The second kappa shape index (κ2) is 15.0. The number of hydrogen-bond acceptors (Lipinski definition) is 7. The molecule has 4 atom stereocenters. The van der Waals surface area contributed by atoms with Gasteiger partial charge in [0.1, 0.15) is 6.10 Å². The number of nitrogens with zero attached hydrogens (tertiary/aromatic N) is 1. The van der Waals surface area contributed by atoms with Crippen LogP contribution in [0.1, 0.15) is 44.6 Å². The molecular formula is C32H41NO6. The van der Waals surface area contributed by atoms with Gasteiger partial charge in [0.25, 0.3) is 0 Å². The second-order valence-electron chi connectivity index (χ2n) is 10.3. The molecular weight excluding hydrogens is 494 g/mol. The van der Waals surface area contributed by atoms with Gasteiger partial charge in [0.15, 0.2) is 0 Å². The van der Waals surface area contributed by atoms with E-state index < -0.39 is 0 Å². The Balaban J connectivity index is 1.44. The summed E-state index contributed by atoms with van der Waals surface area (Å²) in [5.41, 5.74) is 3.49. The molecule has 2 aromatic carbocycles. The first-order chi connectivity index (χ1) is 19.0. The highest BCUT2D eigenvalue weighted by Gasteiger charge is 2.48. The van der Waals surface area contributed by atoms with Gasteiger partial charge in [0, 0.05) is 38.8 Å². The van der Waals surface area contributed by atoms with E-state index in [-0.39, 0.29) is 36.1 Å². The maximum absolute atomic E-state index is 12.0. The highest BCUT2D eigenvalue weighted by molar-refractivity contribution is 5.69. The number of carbonyl (C=O) groups excluding carboxylic acids is 2. The standard InChI is InChI=1S/C32H41NO6/c1-24(34)39-30-22-29(38-23-25-14-16-27(17-15-25)26-10-6-5-7-11-26)28(32(30)33-18-20-37-21-19-33)12-8-3-4-9-13-31(35)36-2/h3-7,10-11,14-17,28-30,32H,8-9,12-13,18-23H2,1-2H3/t28-,29-,30+,32-/m0/s1. The predicted molar refractivity (Wildman–Crippen MR) is 150 cm³/mol. The van der Waals surface area contributed by atoms with Crippen molar-refractivity contribution in [1.29, 1.82) is 0 Å². The fourth-order valence-electron chi connectivity index (χ4n) is 5.75. The zero-order valence-electron chi connectivity index (χ0n) is 23.1. The maximum atomic E-state index is 12.0. The Bertz CT molecular complexity index is 1060. The van der Waals surface area contributed by atoms with Crippen LogP contribution in [0.5, 0.6) is 0 Å². The number of ether oxygens (including phenoxy) is 4. The monoisotopic (exact) mass is 535 g/mol. The second-order valence-corrected chi connectivity index (χ2v) is 10.3. The molecule has 0 amide bonds. The lowest BCUT2D eigenvalue weighted by Crippen LogP contribution is -2.51. The minimum atomic E-state index is -0.253. The Kier molecular flexibility index (Phi) is 11.1. The van der Waals surface area contributed by atoms with Gasteiger partial charge in [-0.05, 0) is 36.0 Å². The predicted octanol–water partition coefficient (Wildman–Crippen LogP) is 5.18. The molecule has 1 saturated heterocycles. The van der Waals surface area contributed by atoms with E-state index in [1.165, 1.54) is 25.2 Å². The van der Waals surface area contributed by atoms with Crippen molar-refractivity contribution in [3.8, 4) is 11.1 Å². The average Bonchev–Trinajstić information content (AvgIpc) is 3.30. The third-order valence-corrected chi connectivity index (χ3v) is 7.65. The molecule has 7 nitrogen and oxygen atoms in total. The van der Waals surface area contributed by atoms with Gasteiger partial charge in [0.05, 0.1) is 39.1 Å². The van der Waals surface area contributed by atoms with Crippen LogP contribution in [-0.4, -0.2) is 68.5 Å². The van der Waals surface area contributed by atoms with Crippen molar-refractivity contribution >= 4 is 11.9 Å². The third-order valence-electron chi connectivity index (χ3n) is 7.65. The largest absolute Gasteiger partial charge is 0.469 e. The van der Waals surface area contributed by atoms with Crippen LogP contribution in [0.3, 0.4) is 0 Å². The third kappa shape index (κ3) is 8.49. The first kappa shape index (κ1) is 29.0. The van der Waals surface area contributed by atoms with Gasteiger partial charge in [-0.1, -0.05) is 66.7 Å². The normalized spacial score (nSPS) is 23.6.